The number of nitrogens with two attached hydrogens (primary N) is 1. The van der Waals surface area contributed by atoms with Gasteiger partial charge in [0.25, 0.3) is 0 Å². The van der Waals surface area contributed by atoms with E-state index >= 15 is 0 Å². The van der Waals surface area contributed by atoms with E-state index in [1.165, 1.54) is 25.7 Å². The molecule has 1 rings (SSSR count). The zero-order chi connectivity index (χ0) is 11.4. The molecule has 1 fully saturated rings. The lowest BCUT2D eigenvalue weighted by molar-refractivity contribution is 0.148. The quantitative estimate of drug-likeness (QED) is 0.553. The smallest absolute Gasteiger partial charge is 0.108 e. The molecule has 0 aromatic heterocycles. The van der Waals surface area contributed by atoms with Gasteiger partial charge in [0.15, 0.2) is 0 Å². The van der Waals surface area contributed by atoms with E-state index in [0.29, 0.717) is 11.9 Å². The summed E-state index contributed by atoms with van der Waals surface area (Å²) >= 11 is 0. The Morgan fingerprint density at radius 1 is 1.40 bits per heavy atom. The van der Waals surface area contributed by atoms with Gasteiger partial charge in [0.1, 0.15) is 5.84 Å². The minimum Gasteiger partial charge on any atom is -0.386 e. The van der Waals surface area contributed by atoms with Gasteiger partial charge in [-0.15, -0.1) is 0 Å². The third-order valence-corrected chi connectivity index (χ3v) is 3.80. The molecule has 3 nitrogen and oxygen atoms in total. The molecule has 3 heteroatoms. The summed E-state index contributed by atoms with van der Waals surface area (Å²) in [6.45, 7) is 4.44. The molecule has 0 bridgehead atoms. The maximum absolute atomic E-state index is 7.58. The van der Waals surface area contributed by atoms with Gasteiger partial charge in [-0.2, -0.15) is 0 Å². The van der Waals surface area contributed by atoms with Crippen LogP contribution in [0.1, 0.15) is 46.0 Å². The second kappa shape index (κ2) is 5.50. The lowest BCUT2D eigenvalue weighted by Gasteiger charge is -2.37. The lowest BCUT2D eigenvalue weighted by Crippen LogP contribution is -2.48. The van der Waals surface area contributed by atoms with Gasteiger partial charge in [0, 0.05) is 6.04 Å². The Hall–Kier alpha value is -0.570. The topological polar surface area (TPSA) is 53.1 Å². The third-order valence-electron chi connectivity index (χ3n) is 3.80. The van der Waals surface area contributed by atoms with Crippen molar-refractivity contribution in [3.63, 3.8) is 0 Å². The monoisotopic (exact) mass is 211 g/mol. The number of amidine groups is 1. The van der Waals surface area contributed by atoms with E-state index in [1.807, 2.05) is 0 Å². The van der Waals surface area contributed by atoms with E-state index in [4.69, 9.17) is 11.1 Å². The summed E-state index contributed by atoms with van der Waals surface area (Å²) in [5.74, 6) is 1.20. The average Bonchev–Trinajstić information content (AvgIpc) is 2.19. The molecule has 0 heterocycles. The van der Waals surface area contributed by atoms with Crippen molar-refractivity contribution >= 4 is 5.84 Å². The largest absolute Gasteiger partial charge is 0.386 e. The van der Waals surface area contributed by atoms with Crippen molar-refractivity contribution in [1.82, 2.24) is 4.90 Å². The summed E-state index contributed by atoms with van der Waals surface area (Å²) in [6, 6.07) is 0.776. The zero-order valence-corrected chi connectivity index (χ0v) is 10.3. The van der Waals surface area contributed by atoms with E-state index in [0.717, 1.165) is 12.3 Å². The molecule has 0 aliphatic heterocycles. The highest BCUT2D eigenvalue weighted by molar-refractivity contribution is 5.82. The normalized spacial score (nSPS) is 29.1. The van der Waals surface area contributed by atoms with Crippen molar-refractivity contribution < 1.29 is 0 Å². The Labute approximate surface area is 93.5 Å². The van der Waals surface area contributed by atoms with Crippen LogP contribution in [0.5, 0.6) is 0 Å². The molecule has 0 amide bonds. The molecule has 1 unspecified atom stereocenters. The van der Waals surface area contributed by atoms with Crippen molar-refractivity contribution in [2.24, 2.45) is 11.7 Å². The first-order valence-corrected chi connectivity index (χ1v) is 6.12. The molecule has 1 atom stereocenters. The first-order chi connectivity index (χ1) is 7.06. The molecule has 1 aliphatic rings. The first kappa shape index (κ1) is 12.5. The third kappa shape index (κ3) is 3.20. The first-order valence-electron chi connectivity index (χ1n) is 6.12. The second-order valence-electron chi connectivity index (χ2n) is 4.96. The van der Waals surface area contributed by atoms with Crippen molar-refractivity contribution in [2.45, 2.75) is 58.0 Å². The van der Waals surface area contributed by atoms with E-state index < -0.39 is 0 Å². The fraction of sp³-hybridized carbons (Fsp3) is 0.917. The van der Waals surface area contributed by atoms with Crippen molar-refractivity contribution in [2.75, 3.05) is 7.05 Å². The van der Waals surface area contributed by atoms with Gasteiger partial charge in [0.2, 0.25) is 0 Å². The van der Waals surface area contributed by atoms with Crippen LogP contribution < -0.4 is 5.73 Å². The number of nitrogens with zero attached hydrogens (tertiary/aromatic N) is 1. The number of hydrogen-bond donors (Lipinski definition) is 2. The van der Waals surface area contributed by atoms with Crippen molar-refractivity contribution in [1.29, 1.82) is 5.41 Å². The number of likely N-dealkylation sites (N-methyl/N-ethyl adjacent to an activating group) is 1. The Balaban J connectivity index is 2.51. The van der Waals surface area contributed by atoms with Crippen LogP contribution in [-0.2, 0) is 0 Å². The molecule has 0 aromatic carbocycles. The molecule has 88 valence electrons. The van der Waals surface area contributed by atoms with Gasteiger partial charge in [-0.05, 0) is 45.1 Å². The summed E-state index contributed by atoms with van der Waals surface area (Å²) in [5, 5.41) is 7.58. The summed E-state index contributed by atoms with van der Waals surface area (Å²) in [6.07, 6.45) is 6.12. The molecule has 3 N–H and O–H groups in total. The lowest BCUT2D eigenvalue weighted by atomic mass is 9.86. The summed E-state index contributed by atoms with van der Waals surface area (Å²) in [5.41, 5.74) is 5.62. The fourth-order valence-electron chi connectivity index (χ4n) is 2.63. The minimum atomic E-state index is 0.142. The van der Waals surface area contributed by atoms with Crippen LogP contribution in [0.3, 0.4) is 0 Å². The number of hydrogen-bond acceptors (Lipinski definition) is 2. The minimum absolute atomic E-state index is 0.142. The molecular formula is C12H25N3. The van der Waals surface area contributed by atoms with E-state index in [2.05, 4.69) is 25.8 Å². The van der Waals surface area contributed by atoms with Gasteiger partial charge in [-0.25, -0.2) is 0 Å². The maximum atomic E-state index is 7.58. The molecular weight excluding hydrogens is 186 g/mol. The Kier molecular flexibility index (Phi) is 4.58. The van der Waals surface area contributed by atoms with Gasteiger partial charge in [-0.1, -0.05) is 13.8 Å². The van der Waals surface area contributed by atoms with Crippen LogP contribution in [0.4, 0.5) is 0 Å². The van der Waals surface area contributed by atoms with Gasteiger partial charge >= 0.3 is 0 Å². The standard InChI is InChI=1S/C12H25N3/c1-4-11(12(13)14)15(3)10-7-5-9(2)6-8-10/h9-11H,4-8H2,1-3H3,(H3,13,14). The predicted molar refractivity (Wildman–Crippen MR) is 65.2 cm³/mol. The Morgan fingerprint density at radius 2 is 1.93 bits per heavy atom. The molecule has 15 heavy (non-hydrogen) atoms. The summed E-state index contributed by atoms with van der Waals surface area (Å²) < 4.78 is 0. The van der Waals surface area contributed by atoms with Gasteiger partial charge in [0.05, 0.1) is 6.04 Å². The van der Waals surface area contributed by atoms with Crippen LogP contribution in [0.25, 0.3) is 0 Å². The number of rotatable bonds is 4. The van der Waals surface area contributed by atoms with Crippen LogP contribution in [-0.4, -0.2) is 29.9 Å². The summed E-state index contributed by atoms with van der Waals surface area (Å²) in [4.78, 5) is 2.31. The Bertz CT molecular complexity index is 207. The molecule has 0 radical (unpaired) electrons. The highest BCUT2D eigenvalue weighted by Crippen LogP contribution is 2.27. The molecule has 0 spiro atoms. The van der Waals surface area contributed by atoms with Crippen LogP contribution in [0.15, 0.2) is 0 Å². The van der Waals surface area contributed by atoms with Crippen LogP contribution in [0, 0.1) is 11.3 Å². The highest BCUT2D eigenvalue weighted by Gasteiger charge is 2.26. The molecule has 1 saturated carbocycles. The average molecular weight is 211 g/mol. The number of nitrogens with one attached hydrogen (secondary N) is 1. The maximum Gasteiger partial charge on any atom is 0.108 e. The zero-order valence-electron chi connectivity index (χ0n) is 10.3. The van der Waals surface area contributed by atoms with Gasteiger partial charge < -0.3 is 5.73 Å². The summed E-state index contributed by atoms with van der Waals surface area (Å²) in [7, 11) is 2.12. The highest BCUT2D eigenvalue weighted by atomic mass is 15.2. The van der Waals surface area contributed by atoms with Crippen LogP contribution in [0.2, 0.25) is 0 Å². The SMILES string of the molecule is CCC(C(=N)N)N(C)C1CCC(C)CC1. The van der Waals surface area contributed by atoms with Crippen molar-refractivity contribution in [3.8, 4) is 0 Å². The molecule has 0 aromatic rings. The van der Waals surface area contributed by atoms with Gasteiger partial charge in [-0.3, -0.25) is 10.3 Å². The van der Waals surface area contributed by atoms with Crippen molar-refractivity contribution in [3.05, 3.63) is 0 Å². The Morgan fingerprint density at radius 3 is 2.33 bits per heavy atom. The fourth-order valence-corrected chi connectivity index (χ4v) is 2.63. The second-order valence-corrected chi connectivity index (χ2v) is 4.96. The molecule has 0 saturated heterocycles. The van der Waals surface area contributed by atoms with Crippen LogP contribution >= 0.6 is 0 Å². The predicted octanol–water partition coefficient (Wildman–Crippen LogP) is 2.21. The van der Waals surface area contributed by atoms with E-state index in [9.17, 15) is 0 Å². The molecule has 1 aliphatic carbocycles. The van der Waals surface area contributed by atoms with E-state index in [-0.39, 0.29) is 6.04 Å². The van der Waals surface area contributed by atoms with E-state index in [1.54, 1.807) is 0 Å².